The molecule has 10 atom stereocenters. The summed E-state index contributed by atoms with van der Waals surface area (Å²) in [7, 11) is 1.51. The number of ketones is 1. The Balaban J connectivity index is 3.41. The second-order valence-electron chi connectivity index (χ2n) is 12.0. The smallest absolute Gasteiger partial charge is 0.334 e. The van der Waals surface area contributed by atoms with Crippen molar-refractivity contribution in [1.29, 1.82) is 0 Å². The molecule has 0 aromatic rings. The second kappa shape index (κ2) is 17.6. The molecule has 1 aliphatic heterocycles. The van der Waals surface area contributed by atoms with Gasteiger partial charge in [-0.1, -0.05) is 83.1 Å². The fraction of sp³-hybridized carbons (Fsp3) is 0.647. The van der Waals surface area contributed by atoms with Gasteiger partial charge in [-0.15, -0.1) is 0 Å². The monoisotopic (exact) mass is 574 g/mol. The summed E-state index contributed by atoms with van der Waals surface area (Å²) < 4.78 is 11.7. The molecule has 0 saturated heterocycles. The van der Waals surface area contributed by atoms with Gasteiger partial charge in [0.1, 0.15) is 12.2 Å². The Hall–Kier alpha value is -2.32. The molecular weight excluding hydrogens is 520 g/mol. The lowest BCUT2D eigenvalue weighted by molar-refractivity contribution is -0.158. The number of esters is 1. The molecule has 0 bridgehead atoms. The van der Waals surface area contributed by atoms with Gasteiger partial charge in [0.15, 0.2) is 5.78 Å². The van der Waals surface area contributed by atoms with Crippen LogP contribution in [-0.2, 0) is 19.1 Å². The highest BCUT2D eigenvalue weighted by atomic mass is 16.6. The summed E-state index contributed by atoms with van der Waals surface area (Å²) in [4.78, 5) is 26.2. The van der Waals surface area contributed by atoms with Crippen LogP contribution in [0.1, 0.15) is 75.2 Å². The number of ether oxygens (including phenoxy) is 2. The molecule has 0 aromatic heterocycles. The van der Waals surface area contributed by atoms with Crippen molar-refractivity contribution in [2.45, 2.75) is 106 Å². The Labute approximate surface area is 247 Å². The third-order valence-corrected chi connectivity index (χ3v) is 8.19. The molecule has 232 valence electrons. The fourth-order valence-corrected chi connectivity index (χ4v) is 5.23. The van der Waals surface area contributed by atoms with E-state index in [9.17, 15) is 24.9 Å². The van der Waals surface area contributed by atoms with Crippen molar-refractivity contribution >= 4 is 11.8 Å². The lowest BCUT2D eigenvalue weighted by Gasteiger charge is -2.33. The van der Waals surface area contributed by atoms with Crippen LogP contribution in [-0.4, -0.2) is 64.7 Å². The zero-order valence-electron chi connectivity index (χ0n) is 26.7. The number of carbonyl (C=O) groups excluding carboxylic acids is 2. The third kappa shape index (κ3) is 11.5. The maximum Gasteiger partial charge on any atom is 0.334 e. The molecule has 0 amide bonds. The van der Waals surface area contributed by atoms with E-state index in [1.54, 1.807) is 39.0 Å². The van der Waals surface area contributed by atoms with Crippen LogP contribution < -0.4 is 0 Å². The van der Waals surface area contributed by atoms with Gasteiger partial charge < -0.3 is 24.8 Å². The summed E-state index contributed by atoms with van der Waals surface area (Å²) in [5.41, 5.74) is 2.28. The van der Waals surface area contributed by atoms with E-state index in [4.69, 9.17) is 9.47 Å². The first-order chi connectivity index (χ1) is 19.1. The van der Waals surface area contributed by atoms with Gasteiger partial charge in [-0.2, -0.15) is 0 Å². The van der Waals surface area contributed by atoms with Gasteiger partial charge in [-0.25, -0.2) is 4.79 Å². The lowest BCUT2D eigenvalue weighted by Crippen LogP contribution is -2.45. The summed E-state index contributed by atoms with van der Waals surface area (Å²) in [6, 6.07) is 0. The molecule has 0 fully saturated rings. The summed E-state index contributed by atoms with van der Waals surface area (Å²) in [6.45, 7) is 16.6. The zero-order valence-corrected chi connectivity index (χ0v) is 26.7. The Bertz CT molecular complexity index is 1000. The van der Waals surface area contributed by atoms with E-state index >= 15 is 0 Å². The van der Waals surface area contributed by atoms with Crippen LogP contribution in [0.3, 0.4) is 0 Å². The summed E-state index contributed by atoms with van der Waals surface area (Å²) >= 11 is 0. The SMILES string of the molecule is CC[C@H](O)[C@@H](C)/C=C/C(=O)[C@@H](C)[C@H](O)[C@@H](C)[C@H]1OC(=O)/C(C)=C/C(C)=C\[C@H](C)[C@@H](O)[C@@H](C)C/C(C)=C/C=C/C1OC. The van der Waals surface area contributed by atoms with Crippen LogP contribution in [0.5, 0.6) is 0 Å². The van der Waals surface area contributed by atoms with Crippen molar-refractivity contribution in [2.24, 2.45) is 29.6 Å². The van der Waals surface area contributed by atoms with E-state index in [1.165, 1.54) is 13.2 Å². The fourth-order valence-electron chi connectivity index (χ4n) is 5.23. The molecule has 0 radical (unpaired) electrons. The van der Waals surface area contributed by atoms with E-state index in [0.717, 1.165) is 11.1 Å². The highest BCUT2D eigenvalue weighted by molar-refractivity contribution is 5.92. The van der Waals surface area contributed by atoms with E-state index in [0.29, 0.717) is 18.4 Å². The predicted octanol–water partition coefficient (Wildman–Crippen LogP) is 5.51. The van der Waals surface area contributed by atoms with E-state index in [-0.39, 0.29) is 23.5 Å². The molecule has 1 rings (SSSR count). The van der Waals surface area contributed by atoms with Gasteiger partial charge in [0, 0.05) is 36.4 Å². The van der Waals surface area contributed by atoms with E-state index < -0.39 is 48.3 Å². The van der Waals surface area contributed by atoms with Crippen molar-refractivity contribution in [2.75, 3.05) is 7.11 Å². The maximum absolute atomic E-state index is 13.2. The number of hydrogen-bond acceptors (Lipinski definition) is 7. The zero-order chi connectivity index (χ0) is 31.4. The Kier molecular flexibility index (Phi) is 15.8. The minimum atomic E-state index is -1.13. The third-order valence-electron chi connectivity index (χ3n) is 8.19. The van der Waals surface area contributed by atoms with Crippen LogP contribution in [0.25, 0.3) is 0 Å². The molecule has 1 unspecified atom stereocenters. The van der Waals surface area contributed by atoms with Gasteiger partial charge in [-0.3, -0.25) is 4.79 Å². The molecule has 0 aliphatic carbocycles. The van der Waals surface area contributed by atoms with Crippen LogP contribution >= 0.6 is 0 Å². The van der Waals surface area contributed by atoms with Crippen molar-refractivity contribution in [3.63, 3.8) is 0 Å². The number of rotatable bonds is 9. The number of carbonyl (C=O) groups is 2. The second-order valence-corrected chi connectivity index (χ2v) is 12.0. The van der Waals surface area contributed by atoms with E-state index in [2.05, 4.69) is 0 Å². The molecular formula is C34H54O7. The molecule has 0 saturated carbocycles. The molecule has 1 heterocycles. The first kappa shape index (κ1) is 36.7. The average molecular weight is 575 g/mol. The Morgan fingerprint density at radius 1 is 1.17 bits per heavy atom. The van der Waals surface area contributed by atoms with Crippen molar-refractivity contribution in [3.05, 3.63) is 59.3 Å². The van der Waals surface area contributed by atoms with Gasteiger partial charge in [0.05, 0.1) is 18.3 Å². The number of aliphatic hydroxyl groups excluding tert-OH is 3. The molecule has 7 heteroatoms. The van der Waals surface area contributed by atoms with Gasteiger partial charge in [0.2, 0.25) is 0 Å². The minimum absolute atomic E-state index is 0.0316. The Morgan fingerprint density at radius 2 is 1.80 bits per heavy atom. The molecule has 41 heavy (non-hydrogen) atoms. The largest absolute Gasteiger partial charge is 0.456 e. The average Bonchev–Trinajstić information content (AvgIpc) is 2.93. The standard InChI is InChI=1S/C34H54O7/c1-11-28(35)22(4)15-16-29(36)26(8)32(38)27(9)33-30(40-10)14-12-13-20(2)17-23(5)31(37)24(6)18-21(3)19-25(7)34(39)41-33/h12-16,18-19,22-24,26-28,30-33,35,37-38H,11,17H2,1-10H3/b14-12+,16-15+,20-13+,21-18-,25-19+/t22-,23-,24-,26+,27+,28-,30?,31-,32-,33+/m0/s1. The first-order valence-corrected chi connectivity index (χ1v) is 14.8. The summed E-state index contributed by atoms with van der Waals surface area (Å²) in [5.74, 6) is -2.52. The van der Waals surface area contributed by atoms with Crippen LogP contribution in [0.4, 0.5) is 0 Å². The van der Waals surface area contributed by atoms with Gasteiger partial charge >= 0.3 is 5.97 Å². The molecule has 0 aromatic carbocycles. The van der Waals surface area contributed by atoms with Crippen molar-refractivity contribution in [3.8, 4) is 0 Å². The van der Waals surface area contributed by atoms with Crippen LogP contribution in [0, 0.1) is 29.6 Å². The maximum atomic E-state index is 13.2. The number of methoxy groups -OCH3 is 1. The molecule has 0 spiro atoms. The first-order valence-electron chi connectivity index (χ1n) is 14.8. The molecule has 1 aliphatic rings. The van der Waals surface area contributed by atoms with Gasteiger partial charge in [0.25, 0.3) is 0 Å². The normalized spacial score (nSPS) is 33.6. The summed E-state index contributed by atoms with van der Waals surface area (Å²) in [6.07, 6.45) is 9.82. The number of allylic oxidation sites excluding steroid dienone is 6. The quantitative estimate of drug-likeness (QED) is 0.246. The van der Waals surface area contributed by atoms with Crippen LogP contribution in [0.2, 0.25) is 0 Å². The van der Waals surface area contributed by atoms with E-state index in [1.807, 2.05) is 59.8 Å². The highest BCUT2D eigenvalue weighted by Gasteiger charge is 2.37. The van der Waals surface area contributed by atoms with Crippen molar-refractivity contribution in [1.82, 2.24) is 0 Å². The lowest BCUT2D eigenvalue weighted by atomic mass is 9.84. The Morgan fingerprint density at radius 3 is 2.39 bits per heavy atom. The topological polar surface area (TPSA) is 113 Å². The van der Waals surface area contributed by atoms with Crippen molar-refractivity contribution < 1.29 is 34.4 Å². The molecule has 3 N–H and O–H groups in total. The number of cyclic esters (lactones) is 1. The summed E-state index contributed by atoms with van der Waals surface area (Å²) in [5, 5.41) is 32.1. The predicted molar refractivity (Wildman–Crippen MR) is 164 cm³/mol. The molecule has 7 nitrogen and oxygen atoms in total. The minimum Gasteiger partial charge on any atom is -0.456 e. The number of hydrogen-bond donors (Lipinski definition) is 3. The number of aliphatic hydroxyl groups is 3. The highest BCUT2D eigenvalue weighted by Crippen LogP contribution is 2.27. The van der Waals surface area contributed by atoms with Crippen LogP contribution in [0.15, 0.2) is 59.3 Å². The van der Waals surface area contributed by atoms with Gasteiger partial charge in [-0.05, 0) is 51.7 Å².